The highest BCUT2D eigenvalue weighted by Gasteiger charge is 2.51. The molecule has 0 radical (unpaired) electrons. The molecule has 2 fully saturated rings. The van der Waals surface area contributed by atoms with E-state index >= 15 is 0 Å². The van der Waals surface area contributed by atoms with Crippen molar-refractivity contribution in [2.24, 2.45) is 5.41 Å². The monoisotopic (exact) mass is 346 g/mol. The molecule has 2 N–H and O–H groups in total. The summed E-state index contributed by atoms with van der Waals surface area (Å²) in [6.07, 6.45) is 2.33. The van der Waals surface area contributed by atoms with Gasteiger partial charge in [0.05, 0.1) is 0 Å². The third kappa shape index (κ3) is 3.63. The second kappa shape index (κ2) is 6.67. The van der Waals surface area contributed by atoms with E-state index in [-0.39, 0.29) is 11.3 Å². The number of benzene rings is 1. The molecule has 1 aromatic carbocycles. The summed E-state index contributed by atoms with van der Waals surface area (Å²) in [7, 11) is 0. The number of nitrogens with zero attached hydrogens (tertiary/aromatic N) is 1. The number of hydrogen-bond donors (Lipinski definition) is 2. The Balaban J connectivity index is 1.79. The molecule has 25 heavy (non-hydrogen) atoms. The normalized spacial score (nSPS) is 22.8. The Bertz CT molecular complexity index is 638. The fraction of sp³-hybridized carbons (Fsp3) is 0.579. The third-order valence-electron chi connectivity index (χ3n) is 5.35. The first kappa shape index (κ1) is 17.7. The number of amides is 1. The molecule has 6 nitrogen and oxygen atoms in total. The van der Waals surface area contributed by atoms with E-state index in [0.29, 0.717) is 18.7 Å². The molecule has 0 bridgehead atoms. The van der Waals surface area contributed by atoms with Crippen molar-refractivity contribution in [2.75, 3.05) is 19.6 Å². The second-order valence-corrected chi connectivity index (χ2v) is 7.67. The summed E-state index contributed by atoms with van der Waals surface area (Å²) < 4.78 is 5.88. The van der Waals surface area contributed by atoms with Gasteiger partial charge in [0.1, 0.15) is 11.8 Å². The highest BCUT2D eigenvalue weighted by Crippen LogP contribution is 2.43. The summed E-state index contributed by atoms with van der Waals surface area (Å²) in [6.45, 7) is 5.64. The minimum Gasteiger partial charge on any atom is -0.480 e. The highest BCUT2D eigenvalue weighted by atomic mass is 16.5. The smallest absolute Gasteiger partial charge is 0.326 e. The van der Waals surface area contributed by atoms with Crippen LogP contribution in [-0.4, -0.2) is 53.2 Å². The number of carboxylic acids is 1. The molecule has 2 saturated heterocycles. The highest BCUT2D eigenvalue weighted by molar-refractivity contribution is 5.89. The first-order chi connectivity index (χ1) is 11.8. The number of ether oxygens (including phenoxy) is 1. The maximum Gasteiger partial charge on any atom is 0.326 e. The zero-order chi connectivity index (χ0) is 18.1. The van der Waals surface area contributed by atoms with E-state index in [1.165, 1.54) is 4.90 Å². The first-order valence-corrected chi connectivity index (χ1v) is 8.82. The van der Waals surface area contributed by atoms with Gasteiger partial charge in [-0.3, -0.25) is 4.79 Å². The van der Waals surface area contributed by atoms with Gasteiger partial charge in [-0.05, 0) is 63.7 Å². The number of hydrogen-bond acceptors (Lipinski definition) is 4. The SMILES string of the molecule is CC(C)(Oc1ccccc1)C(=O)N1CC2(CCNCC2)CC1C(=O)O. The van der Waals surface area contributed by atoms with E-state index in [1.54, 1.807) is 26.0 Å². The van der Waals surface area contributed by atoms with E-state index in [1.807, 2.05) is 18.2 Å². The zero-order valence-electron chi connectivity index (χ0n) is 14.8. The standard InChI is InChI=1S/C19H26N2O4/c1-18(2,25-14-6-4-3-5-7-14)17(24)21-13-19(8-10-20-11-9-19)12-15(21)16(22)23/h3-7,15,20H,8-13H2,1-2H3,(H,22,23). The number of rotatable bonds is 4. The van der Waals surface area contributed by atoms with Gasteiger partial charge >= 0.3 is 5.97 Å². The van der Waals surface area contributed by atoms with E-state index < -0.39 is 17.6 Å². The van der Waals surface area contributed by atoms with E-state index in [9.17, 15) is 14.7 Å². The van der Waals surface area contributed by atoms with Crippen molar-refractivity contribution in [3.8, 4) is 5.75 Å². The van der Waals surface area contributed by atoms with Gasteiger partial charge in [-0.25, -0.2) is 4.79 Å². The number of aliphatic carboxylic acids is 1. The number of carbonyl (C=O) groups excluding carboxylic acids is 1. The molecule has 1 amide bonds. The van der Waals surface area contributed by atoms with Crippen molar-refractivity contribution in [1.29, 1.82) is 0 Å². The molecule has 1 atom stereocenters. The van der Waals surface area contributed by atoms with Crippen molar-refractivity contribution in [3.63, 3.8) is 0 Å². The molecule has 6 heteroatoms. The number of likely N-dealkylation sites (tertiary alicyclic amines) is 1. The second-order valence-electron chi connectivity index (χ2n) is 7.67. The molecule has 0 saturated carbocycles. The summed E-state index contributed by atoms with van der Waals surface area (Å²) in [6, 6.07) is 8.38. The van der Waals surface area contributed by atoms with Gasteiger partial charge in [0, 0.05) is 6.54 Å². The van der Waals surface area contributed by atoms with Gasteiger partial charge in [-0.1, -0.05) is 18.2 Å². The van der Waals surface area contributed by atoms with Crippen LogP contribution in [0.3, 0.4) is 0 Å². The fourth-order valence-corrected chi connectivity index (χ4v) is 3.98. The van der Waals surface area contributed by atoms with Gasteiger partial charge in [0.25, 0.3) is 5.91 Å². The Morgan fingerprint density at radius 2 is 1.88 bits per heavy atom. The van der Waals surface area contributed by atoms with E-state index in [2.05, 4.69) is 5.32 Å². The Hall–Kier alpha value is -2.08. The molecular formula is C19H26N2O4. The molecule has 136 valence electrons. The van der Waals surface area contributed by atoms with Crippen LogP contribution in [0, 0.1) is 5.41 Å². The van der Waals surface area contributed by atoms with Crippen LogP contribution in [0.15, 0.2) is 30.3 Å². The molecule has 0 aliphatic carbocycles. The van der Waals surface area contributed by atoms with E-state index in [4.69, 9.17) is 4.74 Å². The van der Waals surface area contributed by atoms with E-state index in [0.717, 1.165) is 25.9 Å². The first-order valence-electron chi connectivity index (χ1n) is 8.82. The van der Waals surface area contributed by atoms with Crippen molar-refractivity contribution in [1.82, 2.24) is 10.2 Å². The van der Waals surface area contributed by atoms with Crippen LogP contribution in [0.2, 0.25) is 0 Å². The minimum atomic E-state index is -1.12. The Labute approximate surface area is 148 Å². The predicted molar refractivity (Wildman–Crippen MR) is 93.4 cm³/mol. The molecular weight excluding hydrogens is 320 g/mol. The Morgan fingerprint density at radius 3 is 2.48 bits per heavy atom. The van der Waals surface area contributed by atoms with Gasteiger partial charge in [0.15, 0.2) is 5.60 Å². The average molecular weight is 346 g/mol. The number of carbonyl (C=O) groups is 2. The lowest BCUT2D eigenvalue weighted by atomic mass is 9.77. The lowest BCUT2D eigenvalue weighted by Crippen LogP contribution is -2.52. The summed E-state index contributed by atoms with van der Waals surface area (Å²) in [5, 5.41) is 13.0. The molecule has 3 rings (SSSR count). The quantitative estimate of drug-likeness (QED) is 0.870. The summed E-state index contributed by atoms with van der Waals surface area (Å²) in [5.74, 6) is -0.595. The van der Waals surface area contributed by atoms with Crippen molar-refractivity contribution < 1.29 is 19.4 Å². The molecule has 0 aromatic heterocycles. The molecule has 2 aliphatic rings. The van der Waals surface area contributed by atoms with Gasteiger partial charge in [-0.15, -0.1) is 0 Å². The van der Waals surface area contributed by atoms with Crippen LogP contribution >= 0.6 is 0 Å². The minimum absolute atomic E-state index is 0.0905. The number of piperidine rings is 1. The topological polar surface area (TPSA) is 78.9 Å². The van der Waals surface area contributed by atoms with Crippen LogP contribution in [0.1, 0.15) is 33.1 Å². The maximum atomic E-state index is 13.1. The molecule has 1 spiro atoms. The van der Waals surface area contributed by atoms with Crippen LogP contribution < -0.4 is 10.1 Å². The van der Waals surface area contributed by atoms with Crippen LogP contribution in [0.4, 0.5) is 0 Å². The zero-order valence-corrected chi connectivity index (χ0v) is 14.8. The van der Waals surface area contributed by atoms with Gasteiger partial charge in [-0.2, -0.15) is 0 Å². The van der Waals surface area contributed by atoms with Crippen LogP contribution in [-0.2, 0) is 9.59 Å². The third-order valence-corrected chi connectivity index (χ3v) is 5.35. The van der Waals surface area contributed by atoms with Crippen molar-refractivity contribution >= 4 is 11.9 Å². The summed E-state index contributed by atoms with van der Waals surface area (Å²) >= 11 is 0. The predicted octanol–water partition coefficient (Wildman–Crippen LogP) is 1.90. The molecule has 1 unspecified atom stereocenters. The lowest BCUT2D eigenvalue weighted by molar-refractivity contribution is -0.155. The van der Waals surface area contributed by atoms with Gasteiger partial charge in [0.2, 0.25) is 0 Å². The summed E-state index contributed by atoms with van der Waals surface area (Å²) in [4.78, 5) is 26.4. The molecule has 1 aromatic rings. The number of carboxylic acid groups (broad SMARTS) is 1. The van der Waals surface area contributed by atoms with Crippen LogP contribution in [0.25, 0.3) is 0 Å². The molecule has 2 heterocycles. The molecule has 2 aliphatic heterocycles. The van der Waals surface area contributed by atoms with Gasteiger partial charge < -0.3 is 20.1 Å². The van der Waals surface area contributed by atoms with Crippen LogP contribution in [0.5, 0.6) is 5.75 Å². The largest absolute Gasteiger partial charge is 0.480 e. The Kier molecular flexibility index (Phi) is 4.73. The number of nitrogens with one attached hydrogen (secondary N) is 1. The van der Waals surface area contributed by atoms with Crippen molar-refractivity contribution in [3.05, 3.63) is 30.3 Å². The average Bonchev–Trinajstić information content (AvgIpc) is 2.94. The summed E-state index contributed by atoms with van der Waals surface area (Å²) in [5.41, 5.74) is -1.21. The fourth-order valence-electron chi connectivity index (χ4n) is 3.98. The lowest BCUT2D eigenvalue weighted by Gasteiger charge is -2.35. The maximum absolute atomic E-state index is 13.1. The number of para-hydroxylation sites is 1. The van der Waals surface area contributed by atoms with Crippen molar-refractivity contribution in [2.45, 2.75) is 44.8 Å². The Morgan fingerprint density at radius 1 is 1.24 bits per heavy atom.